The van der Waals surface area contributed by atoms with Crippen molar-refractivity contribution < 1.29 is 9.53 Å². The number of carbonyl (C=O) groups is 1. The lowest BCUT2D eigenvalue weighted by Crippen LogP contribution is -2.47. The van der Waals surface area contributed by atoms with E-state index in [-0.39, 0.29) is 12.0 Å². The highest BCUT2D eigenvalue weighted by atomic mass is 32.1. The van der Waals surface area contributed by atoms with Crippen molar-refractivity contribution in [3.8, 4) is 0 Å². The zero-order valence-corrected chi connectivity index (χ0v) is 15.7. The molecule has 0 saturated carbocycles. The maximum Gasteiger partial charge on any atom is 0.222 e. The van der Waals surface area contributed by atoms with Crippen LogP contribution >= 0.6 is 11.3 Å². The van der Waals surface area contributed by atoms with Gasteiger partial charge in [0.2, 0.25) is 5.91 Å². The molecule has 1 N–H and O–H groups in total. The summed E-state index contributed by atoms with van der Waals surface area (Å²) < 4.78 is 7.81. The second-order valence-electron chi connectivity index (χ2n) is 6.69. The molecule has 1 aliphatic heterocycles. The standard InChI is InChI=1S/C17H26N4O2S/c1-11(2)20-5-6-23-15(10-20)7-16(22)18-8-14-9-21-12(3)13(4)24-17(21)19-14/h9,11,15H,5-8,10H2,1-4H3,(H,18,22). The van der Waals surface area contributed by atoms with Crippen LogP contribution in [0.15, 0.2) is 6.20 Å². The van der Waals surface area contributed by atoms with Gasteiger partial charge in [-0.25, -0.2) is 4.98 Å². The minimum atomic E-state index is -0.0171. The van der Waals surface area contributed by atoms with E-state index >= 15 is 0 Å². The molecule has 2 aromatic rings. The highest BCUT2D eigenvalue weighted by Crippen LogP contribution is 2.21. The van der Waals surface area contributed by atoms with Crippen molar-refractivity contribution in [3.05, 3.63) is 22.5 Å². The van der Waals surface area contributed by atoms with E-state index in [1.54, 1.807) is 11.3 Å². The van der Waals surface area contributed by atoms with Gasteiger partial charge in [-0.1, -0.05) is 0 Å². The van der Waals surface area contributed by atoms with Crippen LogP contribution in [-0.2, 0) is 16.1 Å². The van der Waals surface area contributed by atoms with Crippen molar-refractivity contribution in [2.45, 2.75) is 52.8 Å². The van der Waals surface area contributed by atoms with E-state index < -0.39 is 0 Å². The fourth-order valence-corrected chi connectivity index (χ4v) is 3.96. The first kappa shape index (κ1) is 17.4. The molecule has 1 unspecified atom stereocenters. The zero-order valence-electron chi connectivity index (χ0n) is 14.8. The summed E-state index contributed by atoms with van der Waals surface area (Å²) in [6, 6.07) is 0.490. The van der Waals surface area contributed by atoms with Gasteiger partial charge in [-0.05, 0) is 27.7 Å². The number of imidazole rings is 1. The maximum absolute atomic E-state index is 12.2. The first-order valence-corrected chi connectivity index (χ1v) is 9.32. The van der Waals surface area contributed by atoms with E-state index in [2.05, 4.69) is 47.3 Å². The number of nitrogens with one attached hydrogen (secondary N) is 1. The minimum absolute atomic E-state index is 0.0171. The van der Waals surface area contributed by atoms with Gasteiger partial charge in [0.25, 0.3) is 0 Å². The molecule has 3 rings (SSSR count). The topological polar surface area (TPSA) is 58.9 Å². The molecule has 1 saturated heterocycles. The van der Waals surface area contributed by atoms with Crippen molar-refractivity contribution >= 4 is 22.2 Å². The highest BCUT2D eigenvalue weighted by Gasteiger charge is 2.24. The maximum atomic E-state index is 12.2. The number of rotatable bonds is 5. The molecule has 0 aromatic carbocycles. The van der Waals surface area contributed by atoms with Crippen LogP contribution in [0.25, 0.3) is 4.96 Å². The molecule has 1 atom stereocenters. The second kappa shape index (κ2) is 7.21. The Bertz CT molecular complexity index is 722. The van der Waals surface area contributed by atoms with Crippen LogP contribution in [0.1, 0.15) is 36.5 Å². The summed E-state index contributed by atoms with van der Waals surface area (Å²) in [6.07, 6.45) is 2.40. The van der Waals surface area contributed by atoms with Crippen LogP contribution < -0.4 is 5.32 Å². The Morgan fingerprint density at radius 3 is 3.00 bits per heavy atom. The molecule has 0 aliphatic carbocycles. The lowest BCUT2D eigenvalue weighted by molar-refractivity contribution is -0.126. The molecular weight excluding hydrogens is 324 g/mol. The summed E-state index contributed by atoms with van der Waals surface area (Å²) in [5, 5.41) is 2.97. The number of morpholine rings is 1. The number of fused-ring (bicyclic) bond motifs is 1. The Morgan fingerprint density at radius 2 is 2.29 bits per heavy atom. The Balaban J connectivity index is 1.51. The molecule has 24 heavy (non-hydrogen) atoms. The van der Waals surface area contributed by atoms with Crippen LogP contribution in [0.3, 0.4) is 0 Å². The number of thiazole rings is 1. The van der Waals surface area contributed by atoms with Crippen molar-refractivity contribution in [1.82, 2.24) is 19.6 Å². The van der Waals surface area contributed by atoms with Gasteiger partial charge in [0.05, 0.1) is 31.4 Å². The Kier molecular flexibility index (Phi) is 5.22. The molecular formula is C17H26N4O2S. The van der Waals surface area contributed by atoms with E-state index in [4.69, 9.17) is 4.74 Å². The quantitative estimate of drug-likeness (QED) is 0.897. The molecule has 0 spiro atoms. The van der Waals surface area contributed by atoms with Crippen molar-refractivity contribution in [3.63, 3.8) is 0 Å². The average Bonchev–Trinajstić information content (AvgIpc) is 3.05. The van der Waals surface area contributed by atoms with E-state index in [1.807, 2.05) is 6.20 Å². The second-order valence-corrected chi connectivity index (χ2v) is 7.87. The van der Waals surface area contributed by atoms with E-state index in [1.165, 1.54) is 10.6 Å². The third-order valence-electron chi connectivity index (χ3n) is 4.62. The molecule has 1 aliphatic rings. The summed E-state index contributed by atoms with van der Waals surface area (Å²) in [4.78, 5) is 21.4. The molecule has 1 amide bonds. The number of ether oxygens (including phenoxy) is 1. The molecule has 1 fully saturated rings. The van der Waals surface area contributed by atoms with Crippen LogP contribution in [-0.4, -0.2) is 52.0 Å². The predicted octanol–water partition coefficient (Wildman–Crippen LogP) is 2.13. The first-order chi connectivity index (χ1) is 11.4. The Hall–Kier alpha value is -1.44. The smallest absolute Gasteiger partial charge is 0.222 e. The Morgan fingerprint density at radius 1 is 1.50 bits per heavy atom. The normalized spacial score (nSPS) is 19.3. The molecule has 3 heterocycles. The van der Waals surface area contributed by atoms with Gasteiger partial charge in [0, 0.05) is 35.9 Å². The van der Waals surface area contributed by atoms with Gasteiger partial charge in [-0.3, -0.25) is 14.1 Å². The van der Waals surface area contributed by atoms with E-state index in [9.17, 15) is 4.79 Å². The summed E-state index contributed by atoms with van der Waals surface area (Å²) in [5.41, 5.74) is 2.11. The molecule has 2 aromatic heterocycles. The van der Waals surface area contributed by atoms with Crippen LogP contribution in [0.4, 0.5) is 0 Å². The fourth-order valence-electron chi connectivity index (χ4n) is 2.99. The van der Waals surface area contributed by atoms with Crippen LogP contribution in [0.2, 0.25) is 0 Å². The molecule has 0 radical (unpaired) electrons. The monoisotopic (exact) mass is 350 g/mol. The highest BCUT2D eigenvalue weighted by molar-refractivity contribution is 7.17. The number of aromatic nitrogens is 2. The van der Waals surface area contributed by atoms with Crippen LogP contribution in [0, 0.1) is 13.8 Å². The van der Waals surface area contributed by atoms with Gasteiger partial charge in [-0.15, -0.1) is 11.3 Å². The zero-order chi connectivity index (χ0) is 17.3. The predicted molar refractivity (Wildman–Crippen MR) is 95.5 cm³/mol. The third-order valence-corrected chi connectivity index (χ3v) is 5.69. The van der Waals surface area contributed by atoms with Crippen molar-refractivity contribution in [2.24, 2.45) is 0 Å². The lowest BCUT2D eigenvalue weighted by atomic mass is 10.1. The number of hydrogen-bond donors (Lipinski definition) is 1. The van der Waals surface area contributed by atoms with Gasteiger partial charge < -0.3 is 10.1 Å². The summed E-state index contributed by atoms with van der Waals surface area (Å²) in [6.45, 7) is 11.5. The Labute approximate surface area is 146 Å². The molecule has 7 heteroatoms. The number of nitrogens with zero attached hydrogens (tertiary/aromatic N) is 3. The van der Waals surface area contributed by atoms with Crippen molar-refractivity contribution in [1.29, 1.82) is 0 Å². The van der Waals surface area contributed by atoms with E-state index in [0.29, 0.717) is 25.6 Å². The number of carbonyl (C=O) groups excluding carboxylic acids is 1. The molecule has 0 bridgehead atoms. The third kappa shape index (κ3) is 3.79. The first-order valence-electron chi connectivity index (χ1n) is 8.50. The van der Waals surface area contributed by atoms with Gasteiger partial charge in [0.15, 0.2) is 4.96 Å². The number of aryl methyl sites for hydroxylation is 2. The molecule has 6 nitrogen and oxygen atoms in total. The largest absolute Gasteiger partial charge is 0.375 e. The van der Waals surface area contributed by atoms with E-state index in [0.717, 1.165) is 23.7 Å². The average molecular weight is 350 g/mol. The van der Waals surface area contributed by atoms with Crippen LogP contribution in [0.5, 0.6) is 0 Å². The summed E-state index contributed by atoms with van der Waals surface area (Å²) in [5.74, 6) is 0.0230. The SMILES string of the molecule is Cc1sc2nc(CNC(=O)CC3CN(C(C)C)CCO3)cn2c1C. The number of amides is 1. The van der Waals surface area contributed by atoms with Gasteiger partial charge in [-0.2, -0.15) is 0 Å². The summed E-state index contributed by atoms with van der Waals surface area (Å²) in [7, 11) is 0. The minimum Gasteiger partial charge on any atom is -0.375 e. The van der Waals surface area contributed by atoms with Gasteiger partial charge in [0.1, 0.15) is 0 Å². The van der Waals surface area contributed by atoms with Gasteiger partial charge >= 0.3 is 0 Å². The summed E-state index contributed by atoms with van der Waals surface area (Å²) >= 11 is 1.68. The fraction of sp³-hybridized carbons (Fsp3) is 0.647. The van der Waals surface area contributed by atoms with Crippen molar-refractivity contribution in [2.75, 3.05) is 19.7 Å². The number of hydrogen-bond acceptors (Lipinski definition) is 5. The molecule has 132 valence electrons. The lowest BCUT2D eigenvalue weighted by Gasteiger charge is -2.35.